The molecule has 100 valence electrons. The standard InChI is InChI=1S/C15H22O3/c1-5-6-13(16)15(17)18-14-9-12(10(2)3)8-7-11(14)4/h12H,2,5-9H2,1,3-4H3/t12-/m1/s1. The normalized spacial score (nSPS) is 19.6. The maximum Gasteiger partial charge on any atom is 0.379 e. The molecule has 1 atom stereocenters. The van der Waals surface area contributed by atoms with Crippen molar-refractivity contribution >= 4 is 11.8 Å². The maximum atomic E-state index is 11.6. The van der Waals surface area contributed by atoms with Crippen molar-refractivity contribution in [1.29, 1.82) is 0 Å². The molecule has 0 aromatic carbocycles. The minimum atomic E-state index is -0.714. The lowest BCUT2D eigenvalue weighted by atomic mass is 9.85. The molecule has 0 saturated carbocycles. The molecule has 0 fully saturated rings. The van der Waals surface area contributed by atoms with Crippen LogP contribution in [0.15, 0.2) is 23.5 Å². The van der Waals surface area contributed by atoms with Gasteiger partial charge in [0.25, 0.3) is 0 Å². The van der Waals surface area contributed by atoms with Crippen molar-refractivity contribution in [3.63, 3.8) is 0 Å². The Labute approximate surface area is 109 Å². The van der Waals surface area contributed by atoms with E-state index >= 15 is 0 Å². The van der Waals surface area contributed by atoms with Crippen LogP contribution < -0.4 is 0 Å². The van der Waals surface area contributed by atoms with Gasteiger partial charge in [-0.05, 0) is 44.6 Å². The highest BCUT2D eigenvalue weighted by molar-refractivity contribution is 6.33. The van der Waals surface area contributed by atoms with Crippen LogP contribution in [0.2, 0.25) is 0 Å². The molecule has 0 aromatic rings. The van der Waals surface area contributed by atoms with E-state index in [4.69, 9.17) is 4.74 Å². The van der Waals surface area contributed by atoms with Gasteiger partial charge in [0.05, 0.1) is 0 Å². The fourth-order valence-electron chi connectivity index (χ4n) is 2.08. The second-order valence-corrected chi connectivity index (χ2v) is 5.05. The molecule has 1 aliphatic carbocycles. The van der Waals surface area contributed by atoms with E-state index in [2.05, 4.69) is 6.58 Å². The minimum Gasteiger partial charge on any atom is -0.425 e. The summed E-state index contributed by atoms with van der Waals surface area (Å²) >= 11 is 0. The number of carbonyl (C=O) groups is 2. The number of hydrogen-bond acceptors (Lipinski definition) is 3. The summed E-state index contributed by atoms with van der Waals surface area (Å²) in [4.78, 5) is 23.0. The van der Waals surface area contributed by atoms with E-state index in [1.165, 1.54) is 0 Å². The maximum absolute atomic E-state index is 11.6. The van der Waals surface area contributed by atoms with Gasteiger partial charge in [-0.25, -0.2) is 4.79 Å². The number of esters is 1. The minimum absolute atomic E-state index is 0.259. The third-order valence-electron chi connectivity index (χ3n) is 3.39. The number of allylic oxidation sites excluding steroid dienone is 3. The second-order valence-electron chi connectivity index (χ2n) is 5.05. The van der Waals surface area contributed by atoms with Gasteiger partial charge >= 0.3 is 5.97 Å². The Bertz CT molecular complexity index is 391. The first-order valence-corrected chi connectivity index (χ1v) is 6.54. The molecule has 0 spiro atoms. The first-order chi connectivity index (χ1) is 8.45. The zero-order valence-electron chi connectivity index (χ0n) is 11.5. The molecule has 1 rings (SSSR count). The molecule has 0 unspecified atom stereocenters. The van der Waals surface area contributed by atoms with Crippen LogP contribution in [0.25, 0.3) is 0 Å². The molecule has 18 heavy (non-hydrogen) atoms. The lowest BCUT2D eigenvalue weighted by Gasteiger charge is -2.25. The Balaban J connectivity index is 2.67. The third kappa shape index (κ3) is 3.83. The molecule has 0 bridgehead atoms. The topological polar surface area (TPSA) is 43.4 Å². The van der Waals surface area contributed by atoms with Gasteiger partial charge in [0, 0.05) is 12.8 Å². The summed E-state index contributed by atoms with van der Waals surface area (Å²) in [7, 11) is 0. The van der Waals surface area contributed by atoms with Gasteiger partial charge in [-0.15, -0.1) is 0 Å². The van der Waals surface area contributed by atoms with Crippen molar-refractivity contribution < 1.29 is 14.3 Å². The fraction of sp³-hybridized carbons (Fsp3) is 0.600. The molecule has 3 nitrogen and oxygen atoms in total. The lowest BCUT2D eigenvalue weighted by Crippen LogP contribution is -2.20. The molecule has 0 aromatic heterocycles. The number of rotatable bonds is 5. The summed E-state index contributed by atoms with van der Waals surface area (Å²) in [6.45, 7) is 9.77. The van der Waals surface area contributed by atoms with Crippen molar-refractivity contribution in [2.45, 2.75) is 52.9 Å². The van der Waals surface area contributed by atoms with Crippen LogP contribution in [0.5, 0.6) is 0 Å². The highest BCUT2D eigenvalue weighted by atomic mass is 16.5. The Kier molecular flexibility index (Phi) is 5.32. The van der Waals surface area contributed by atoms with Crippen LogP contribution in [0.1, 0.15) is 52.9 Å². The largest absolute Gasteiger partial charge is 0.425 e. The molecule has 0 amide bonds. The summed E-state index contributed by atoms with van der Waals surface area (Å²) in [5.41, 5.74) is 2.18. The van der Waals surface area contributed by atoms with Crippen molar-refractivity contribution in [2.24, 2.45) is 5.92 Å². The number of Topliss-reactive ketones (excluding diaryl/α,β-unsaturated/α-hetero) is 1. The van der Waals surface area contributed by atoms with E-state index in [1.807, 2.05) is 20.8 Å². The Morgan fingerprint density at radius 1 is 1.44 bits per heavy atom. The third-order valence-corrected chi connectivity index (χ3v) is 3.39. The average molecular weight is 250 g/mol. The SMILES string of the molecule is C=C(C)[C@@H]1CCC(C)=C(OC(=O)C(=O)CCC)C1. The lowest BCUT2D eigenvalue weighted by molar-refractivity contribution is -0.151. The molecule has 0 saturated heterocycles. The summed E-state index contributed by atoms with van der Waals surface area (Å²) in [5.74, 6) is -0.120. The van der Waals surface area contributed by atoms with Gasteiger partial charge in [-0.3, -0.25) is 4.79 Å². The van der Waals surface area contributed by atoms with Gasteiger partial charge in [-0.1, -0.05) is 19.1 Å². The number of ketones is 1. The average Bonchev–Trinajstić information content (AvgIpc) is 2.31. The first-order valence-electron chi connectivity index (χ1n) is 6.54. The molecule has 1 aliphatic rings. The summed E-state index contributed by atoms with van der Waals surface area (Å²) < 4.78 is 5.25. The predicted octanol–water partition coefficient (Wildman–Crippen LogP) is 3.55. The number of carbonyl (C=O) groups excluding carboxylic acids is 2. The van der Waals surface area contributed by atoms with Crippen LogP contribution in [-0.2, 0) is 14.3 Å². The molecule has 0 radical (unpaired) electrons. The first kappa shape index (κ1) is 14.7. The van der Waals surface area contributed by atoms with Crippen molar-refractivity contribution in [2.75, 3.05) is 0 Å². The predicted molar refractivity (Wildman–Crippen MR) is 70.9 cm³/mol. The van der Waals surface area contributed by atoms with Crippen LogP contribution in [0, 0.1) is 5.92 Å². The molecule has 3 heteroatoms. The van der Waals surface area contributed by atoms with Gasteiger partial charge in [-0.2, -0.15) is 0 Å². The van der Waals surface area contributed by atoms with E-state index in [9.17, 15) is 9.59 Å². The monoisotopic (exact) mass is 250 g/mol. The van der Waals surface area contributed by atoms with Crippen molar-refractivity contribution in [1.82, 2.24) is 0 Å². The van der Waals surface area contributed by atoms with Crippen LogP contribution >= 0.6 is 0 Å². The molecule has 0 N–H and O–H groups in total. The van der Waals surface area contributed by atoms with E-state index < -0.39 is 11.8 Å². The Hall–Kier alpha value is -1.38. The second kappa shape index (κ2) is 6.53. The van der Waals surface area contributed by atoms with Crippen LogP contribution in [-0.4, -0.2) is 11.8 Å². The van der Waals surface area contributed by atoms with Crippen molar-refractivity contribution in [3.05, 3.63) is 23.5 Å². The summed E-state index contributed by atoms with van der Waals surface area (Å²) in [5, 5.41) is 0. The van der Waals surface area contributed by atoms with E-state index in [1.54, 1.807) is 0 Å². The molecule has 0 aliphatic heterocycles. The van der Waals surface area contributed by atoms with Gasteiger partial charge in [0.1, 0.15) is 5.76 Å². The summed E-state index contributed by atoms with van der Waals surface area (Å²) in [6, 6.07) is 0. The molecule has 0 heterocycles. The zero-order chi connectivity index (χ0) is 13.7. The van der Waals surface area contributed by atoms with Gasteiger partial charge < -0.3 is 4.74 Å². The fourth-order valence-corrected chi connectivity index (χ4v) is 2.08. The number of hydrogen-bond donors (Lipinski definition) is 0. The van der Waals surface area contributed by atoms with Gasteiger partial charge in [0.2, 0.25) is 5.78 Å². The van der Waals surface area contributed by atoms with Crippen LogP contribution in [0.3, 0.4) is 0 Å². The Morgan fingerprint density at radius 3 is 2.67 bits per heavy atom. The van der Waals surface area contributed by atoms with E-state index in [0.29, 0.717) is 24.5 Å². The highest BCUT2D eigenvalue weighted by Crippen LogP contribution is 2.33. The van der Waals surface area contributed by atoms with Gasteiger partial charge in [0.15, 0.2) is 0 Å². The van der Waals surface area contributed by atoms with E-state index in [0.717, 1.165) is 24.0 Å². The zero-order valence-corrected chi connectivity index (χ0v) is 11.5. The smallest absolute Gasteiger partial charge is 0.379 e. The summed E-state index contributed by atoms with van der Waals surface area (Å²) in [6.07, 6.45) is 3.56. The highest BCUT2D eigenvalue weighted by Gasteiger charge is 2.24. The van der Waals surface area contributed by atoms with E-state index in [-0.39, 0.29) is 6.42 Å². The van der Waals surface area contributed by atoms with Crippen molar-refractivity contribution in [3.8, 4) is 0 Å². The number of ether oxygens (including phenoxy) is 1. The van der Waals surface area contributed by atoms with Crippen LogP contribution in [0.4, 0.5) is 0 Å². The molecular weight excluding hydrogens is 228 g/mol. The molecular formula is C15H22O3. The Morgan fingerprint density at radius 2 is 2.11 bits per heavy atom. The quantitative estimate of drug-likeness (QED) is 0.426.